The first-order valence-electron chi connectivity index (χ1n) is 5.98. The number of anilines is 2. The molecule has 1 fully saturated rings. The topological polar surface area (TPSA) is 73.1 Å². The van der Waals surface area contributed by atoms with Crippen LogP contribution in [-0.2, 0) is 11.3 Å². The maximum absolute atomic E-state index is 5.73. The predicted octanol–water partition coefficient (Wildman–Crippen LogP) is 1.81. The molecule has 1 aromatic rings. The monoisotopic (exact) mass is 236 g/mol. The molecule has 1 aromatic heterocycles. The molecule has 0 atom stereocenters. The van der Waals surface area contributed by atoms with Gasteiger partial charge in [0.15, 0.2) is 5.82 Å². The zero-order chi connectivity index (χ0) is 12.3. The molecule has 0 unspecified atom stereocenters. The lowest BCUT2D eigenvalue weighted by atomic mass is 9.70. The average molecular weight is 236 g/mol. The summed E-state index contributed by atoms with van der Waals surface area (Å²) in [6.07, 6.45) is 3.90. The summed E-state index contributed by atoms with van der Waals surface area (Å²) in [6, 6.07) is 1.77. The molecule has 5 heteroatoms. The summed E-state index contributed by atoms with van der Waals surface area (Å²) in [7, 11) is 1.62. The first-order chi connectivity index (χ1) is 8.11. The van der Waals surface area contributed by atoms with Crippen LogP contribution in [0, 0.1) is 5.41 Å². The number of methoxy groups -OCH3 is 1. The Bertz CT molecular complexity index is 390. The third-order valence-corrected chi connectivity index (χ3v) is 3.32. The molecule has 0 aromatic carbocycles. The van der Waals surface area contributed by atoms with Gasteiger partial charge in [0.2, 0.25) is 0 Å². The predicted molar refractivity (Wildman–Crippen MR) is 67.6 cm³/mol. The number of nitrogens with two attached hydrogens (primary N) is 1. The number of nitrogen functional groups attached to an aromatic ring is 1. The molecule has 0 amide bonds. The van der Waals surface area contributed by atoms with E-state index in [0.717, 1.165) is 12.4 Å². The van der Waals surface area contributed by atoms with Crippen LogP contribution in [0.5, 0.6) is 0 Å². The van der Waals surface area contributed by atoms with Crippen molar-refractivity contribution in [3.63, 3.8) is 0 Å². The number of nitrogens with one attached hydrogen (secondary N) is 1. The molecule has 1 saturated carbocycles. The van der Waals surface area contributed by atoms with Crippen LogP contribution in [-0.4, -0.2) is 23.6 Å². The van der Waals surface area contributed by atoms with Crippen molar-refractivity contribution in [1.82, 2.24) is 9.97 Å². The van der Waals surface area contributed by atoms with E-state index in [-0.39, 0.29) is 0 Å². The van der Waals surface area contributed by atoms with Gasteiger partial charge in [0.25, 0.3) is 0 Å². The number of rotatable bonds is 5. The second-order valence-electron chi connectivity index (χ2n) is 5.05. The lowest BCUT2D eigenvalue weighted by Crippen LogP contribution is -2.33. The van der Waals surface area contributed by atoms with Gasteiger partial charge in [-0.15, -0.1) is 0 Å². The van der Waals surface area contributed by atoms with Crippen molar-refractivity contribution >= 4 is 11.6 Å². The molecule has 1 aliphatic carbocycles. The lowest BCUT2D eigenvalue weighted by molar-refractivity contribution is 0.177. The first-order valence-corrected chi connectivity index (χ1v) is 5.98. The Kier molecular flexibility index (Phi) is 3.47. The van der Waals surface area contributed by atoms with E-state index in [4.69, 9.17) is 10.5 Å². The molecule has 5 nitrogen and oxygen atoms in total. The van der Waals surface area contributed by atoms with Crippen LogP contribution in [0.15, 0.2) is 6.07 Å². The standard InChI is InChI=1S/C12H20N4O/c1-12(4-3-5-12)8-14-10-6-9(13)15-11(16-10)7-17-2/h6H,3-5,7-8H2,1-2H3,(H3,13,14,15,16). The normalized spacial score (nSPS) is 17.5. The SMILES string of the molecule is COCc1nc(N)cc(NCC2(C)CCC2)n1. The molecular formula is C12H20N4O. The molecule has 2 rings (SSSR count). The van der Waals surface area contributed by atoms with E-state index in [1.807, 2.05) is 0 Å². The highest BCUT2D eigenvalue weighted by molar-refractivity contribution is 5.44. The average Bonchev–Trinajstić information content (AvgIpc) is 2.23. The number of hydrogen-bond donors (Lipinski definition) is 2. The zero-order valence-corrected chi connectivity index (χ0v) is 10.5. The van der Waals surface area contributed by atoms with E-state index in [1.165, 1.54) is 19.3 Å². The van der Waals surface area contributed by atoms with Crippen molar-refractivity contribution in [3.05, 3.63) is 11.9 Å². The third-order valence-electron chi connectivity index (χ3n) is 3.32. The first kappa shape index (κ1) is 12.1. The van der Waals surface area contributed by atoms with Crippen LogP contribution in [0.4, 0.5) is 11.6 Å². The minimum atomic E-state index is 0.386. The molecule has 17 heavy (non-hydrogen) atoms. The Labute approximate surface area is 102 Å². The number of ether oxygens (including phenoxy) is 1. The van der Waals surface area contributed by atoms with Crippen LogP contribution in [0.3, 0.4) is 0 Å². The molecule has 1 heterocycles. The maximum Gasteiger partial charge on any atom is 0.158 e. The zero-order valence-electron chi connectivity index (χ0n) is 10.5. The molecule has 1 aliphatic rings. The Morgan fingerprint density at radius 1 is 1.47 bits per heavy atom. The minimum absolute atomic E-state index is 0.386. The molecular weight excluding hydrogens is 216 g/mol. The fourth-order valence-electron chi connectivity index (χ4n) is 2.06. The summed E-state index contributed by atoms with van der Waals surface area (Å²) in [5.41, 5.74) is 6.15. The van der Waals surface area contributed by atoms with Crippen molar-refractivity contribution in [2.75, 3.05) is 24.7 Å². The Balaban J connectivity index is 1.99. The van der Waals surface area contributed by atoms with E-state index in [1.54, 1.807) is 13.2 Å². The smallest absolute Gasteiger partial charge is 0.158 e. The van der Waals surface area contributed by atoms with Crippen LogP contribution in [0.25, 0.3) is 0 Å². The van der Waals surface area contributed by atoms with E-state index < -0.39 is 0 Å². The van der Waals surface area contributed by atoms with Gasteiger partial charge in [0.1, 0.15) is 18.2 Å². The molecule has 0 saturated heterocycles. The molecule has 3 N–H and O–H groups in total. The highest BCUT2D eigenvalue weighted by atomic mass is 16.5. The van der Waals surface area contributed by atoms with Gasteiger partial charge in [0, 0.05) is 19.7 Å². The van der Waals surface area contributed by atoms with Gasteiger partial charge in [-0.3, -0.25) is 0 Å². The Hall–Kier alpha value is -1.36. The number of hydrogen-bond acceptors (Lipinski definition) is 5. The van der Waals surface area contributed by atoms with Crippen molar-refractivity contribution in [2.45, 2.75) is 32.8 Å². The molecule has 0 radical (unpaired) electrons. The van der Waals surface area contributed by atoms with E-state index >= 15 is 0 Å². The quantitative estimate of drug-likeness (QED) is 0.815. The summed E-state index contributed by atoms with van der Waals surface area (Å²) < 4.78 is 5.01. The molecule has 94 valence electrons. The van der Waals surface area contributed by atoms with Crippen LogP contribution in [0.1, 0.15) is 32.0 Å². The van der Waals surface area contributed by atoms with Gasteiger partial charge < -0.3 is 15.8 Å². The number of nitrogens with zero attached hydrogens (tertiary/aromatic N) is 2. The molecule has 0 aliphatic heterocycles. The summed E-state index contributed by atoms with van der Waals surface area (Å²) >= 11 is 0. The van der Waals surface area contributed by atoms with Gasteiger partial charge in [0.05, 0.1) is 0 Å². The summed E-state index contributed by atoms with van der Waals surface area (Å²) in [5, 5.41) is 3.34. The van der Waals surface area contributed by atoms with E-state index in [9.17, 15) is 0 Å². The maximum atomic E-state index is 5.73. The van der Waals surface area contributed by atoms with Crippen LogP contribution in [0.2, 0.25) is 0 Å². The van der Waals surface area contributed by atoms with Gasteiger partial charge in [-0.25, -0.2) is 9.97 Å². The van der Waals surface area contributed by atoms with Gasteiger partial charge in [-0.05, 0) is 18.3 Å². The van der Waals surface area contributed by atoms with Crippen molar-refractivity contribution in [1.29, 1.82) is 0 Å². The highest BCUT2D eigenvalue weighted by Gasteiger charge is 2.31. The highest BCUT2D eigenvalue weighted by Crippen LogP contribution is 2.40. The van der Waals surface area contributed by atoms with Gasteiger partial charge in [-0.2, -0.15) is 0 Å². The second-order valence-corrected chi connectivity index (χ2v) is 5.05. The summed E-state index contributed by atoms with van der Waals surface area (Å²) in [4.78, 5) is 8.46. The Morgan fingerprint density at radius 2 is 2.24 bits per heavy atom. The fraction of sp³-hybridized carbons (Fsp3) is 0.667. The molecule has 0 bridgehead atoms. The van der Waals surface area contributed by atoms with E-state index in [2.05, 4.69) is 22.2 Å². The van der Waals surface area contributed by atoms with Crippen molar-refractivity contribution in [2.24, 2.45) is 5.41 Å². The van der Waals surface area contributed by atoms with Gasteiger partial charge in [-0.1, -0.05) is 13.3 Å². The minimum Gasteiger partial charge on any atom is -0.384 e. The van der Waals surface area contributed by atoms with Crippen LogP contribution < -0.4 is 11.1 Å². The Morgan fingerprint density at radius 3 is 2.82 bits per heavy atom. The van der Waals surface area contributed by atoms with Crippen LogP contribution >= 0.6 is 0 Å². The lowest BCUT2D eigenvalue weighted by Gasteiger charge is -2.38. The fourth-order valence-corrected chi connectivity index (χ4v) is 2.06. The number of aromatic nitrogens is 2. The summed E-state index contributed by atoms with van der Waals surface area (Å²) in [6.45, 7) is 3.62. The third kappa shape index (κ3) is 3.06. The van der Waals surface area contributed by atoms with Crippen molar-refractivity contribution in [3.8, 4) is 0 Å². The van der Waals surface area contributed by atoms with Crippen molar-refractivity contribution < 1.29 is 4.74 Å². The second kappa shape index (κ2) is 4.87. The summed E-state index contributed by atoms with van der Waals surface area (Å²) in [5.74, 6) is 1.89. The van der Waals surface area contributed by atoms with Gasteiger partial charge >= 0.3 is 0 Å². The van der Waals surface area contributed by atoms with E-state index in [0.29, 0.717) is 23.7 Å². The molecule has 0 spiro atoms. The largest absolute Gasteiger partial charge is 0.384 e.